The Kier molecular flexibility index (Phi) is 7.69. The highest BCUT2D eigenvalue weighted by Crippen LogP contribution is 2.63. The summed E-state index contributed by atoms with van der Waals surface area (Å²) < 4.78 is 2.52. The van der Waals surface area contributed by atoms with Crippen molar-refractivity contribution >= 4 is 31.5 Å². The van der Waals surface area contributed by atoms with Crippen LogP contribution in [0.2, 0.25) is 0 Å². The average molecular weight is 806 g/mol. The number of fused-ring (bicyclic) bond motifs is 13. The van der Waals surface area contributed by atoms with Gasteiger partial charge >= 0.3 is 0 Å². The highest BCUT2D eigenvalue weighted by atomic mass is 32.1. The van der Waals surface area contributed by atoms with Crippen LogP contribution >= 0.6 is 11.3 Å². The van der Waals surface area contributed by atoms with Crippen molar-refractivity contribution in [2.75, 3.05) is 0 Å². The van der Waals surface area contributed by atoms with Gasteiger partial charge in [-0.1, -0.05) is 182 Å². The summed E-state index contributed by atoms with van der Waals surface area (Å²) in [5.74, 6) is 1.94. The molecule has 0 atom stereocenters. The van der Waals surface area contributed by atoms with Gasteiger partial charge in [-0.3, -0.25) is 0 Å². The molecular formula is C58H35N3S. The lowest BCUT2D eigenvalue weighted by Crippen LogP contribution is -2.25. The predicted octanol–water partition coefficient (Wildman–Crippen LogP) is 14.9. The molecule has 0 saturated carbocycles. The minimum absolute atomic E-state index is 0.376. The third-order valence-corrected chi connectivity index (χ3v) is 14.1. The third kappa shape index (κ3) is 5.14. The van der Waals surface area contributed by atoms with E-state index in [1.54, 1.807) is 0 Å². The maximum Gasteiger partial charge on any atom is 0.164 e. The first-order chi connectivity index (χ1) is 30.7. The molecule has 3 nitrogen and oxygen atoms in total. The van der Waals surface area contributed by atoms with E-state index in [1.807, 2.05) is 29.5 Å². The van der Waals surface area contributed by atoms with E-state index in [1.165, 1.54) is 75.8 Å². The number of hydrogen-bond donors (Lipinski definition) is 0. The molecule has 2 heterocycles. The van der Waals surface area contributed by atoms with Crippen molar-refractivity contribution < 1.29 is 0 Å². The van der Waals surface area contributed by atoms with Crippen LogP contribution in [0.1, 0.15) is 22.3 Å². The van der Waals surface area contributed by atoms with Crippen LogP contribution < -0.4 is 0 Å². The Hall–Kier alpha value is -7.79. The molecule has 0 bridgehead atoms. The number of nitrogens with zero attached hydrogens (tertiary/aromatic N) is 3. The summed E-state index contributed by atoms with van der Waals surface area (Å²) in [5.41, 5.74) is 17.7. The van der Waals surface area contributed by atoms with E-state index in [0.717, 1.165) is 27.8 Å². The molecule has 288 valence electrons. The van der Waals surface area contributed by atoms with E-state index in [9.17, 15) is 0 Å². The Morgan fingerprint density at radius 2 is 0.758 bits per heavy atom. The fraction of sp³-hybridized carbons (Fsp3) is 0.0172. The SMILES string of the molecule is c1ccc(-c2nc(-c3ccc4sc5ccccc5c4c3)nc(-c3ccccc3-c3ccc(-c4ccc5c(c4)C4(c6ccccc6-c6ccccc64)c4ccccc4-5)cc3)n2)cc1. The molecule has 0 radical (unpaired) electrons. The summed E-state index contributed by atoms with van der Waals surface area (Å²) in [5, 5.41) is 2.46. The van der Waals surface area contributed by atoms with Gasteiger partial charge in [-0.15, -0.1) is 11.3 Å². The van der Waals surface area contributed by atoms with Crippen LogP contribution in [0.4, 0.5) is 0 Å². The molecule has 0 aliphatic heterocycles. The summed E-state index contributed by atoms with van der Waals surface area (Å²) in [6, 6.07) is 76.9. The number of hydrogen-bond acceptors (Lipinski definition) is 4. The fourth-order valence-corrected chi connectivity index (χ4v) is 11.3. The van der Waals surface area contributed by atoms with E-state index in [2.05, 4.69) is 194 Å². The van der Waals surface area contributed by atoms with Gasteiger partial charge in [0, 0.05) is 36.9 Å². The van der Waals surface area contributed by atoms with Crippen molar-refractivity contribution in [2.24, 2.45) is 0 Å². The van der Waals surface area contributed by atoms with E-state index < -0.39 is 0 Å². The Morgan fingerprint density at radius 3 is 1.45 bits per heavy atom. The highest BCUT2D eigenvalue weighted by molar-refractivity contribution is 7.25. The zero-order valence-corrected chi connectivity index (χ0v) is 34.3. The summed E-state index contributed by atoms with van der Waals surface area (Å²) in [6.45, 7) is 0. The quantitative estimate of drug-likeness (QED) is 0.174. The van der Waals surface area contributed by atoms with E-state index >= 15 is 0 Å². The largest absolute Gasteiger partial charge is 0.208 e. The van der Waals surface area contributed by atoms with Gasteiger partial charge in [0.15, 0.2) is 17.5 Å². The topological polar surface area (TPSA) is 38.7 Å². The molecule has 1 spiro atoms. The van der Waals surface area contributed by atoms with E-state index in [4.69, 9.17) is 15.0 Å². The maximum atomic E-state index is 5.22. The van der Waals surface area contributed by atoms with Crippen LogP contribution in [0.5, 0.6) is 0 Å². The summed E-state index contributed by atoms with van der Waals surface area (Å²) >= 11 is 1.81. The number of benzene rings is 9. The Labute approximate surface area is 363 Å². The first kappa shape index (κ1) is 35.0. The fourth-order valence-electron chi connectivity index (χ4n) is 10.3. The average Bonchev–Trinajstić information content (AvgIpc) is 3.98. The van der Waals surface area contributed by atoms with Crippen LogP contribution in [-0.2, 0) is 5.41 Å². The zero-order valence-electron chi connectivity index (χ0n) is 33.5. The van der Waals surface area contributed by atoms with Crippen LogP contribution in [0.25, 0.3) is 98.8 Å². The smallest absolute Gasteiger partial charge is 0.164 e. The molecule has 2 aliphatic carbocycles. The molecule has 11 aromatic rings. The van der Waals surface area contributed by atoms with Gasteiger partial charge in [-0.05, 0) is 97.1 Å². The number of thiophene rings is 1. The Morgan fingerprint density at radius 1 is 0.274 bits per heavy atom. The van der Waals surface area contributed by atoms with E-state index in [0.29, 0.717) is 17.5 Å². The normalized spacial score (nSPS) is 13.0. The van der Waals surface area contributed by atoms with Gasteiger partial charge in [0.2, 0.25) is 0 Å². The molecule has 2 aromatic heterocycles. The van der Waals surface area contributed by atoms with Gasteiger partial charge in [0.25, 0.3) is 0 Å². The minimum atomic E-state index is -0.376. The Balaban J connectivity index is 0.918. The number of aromatic nitrogens is 3. The zero-order chi connectivity index (χ0) is 40.8. The predicted molar refractivity (Wildman–Crippen MR) is 256 cm³/mol. The van der Waals surface area contributed by atoms with Crippen molar-refractivity contribution in [1.29, 1.82) is 0 Å². The van der Waals surface area contributed by atoms with Gasteiger partial charge in [0.05, 0.1) is 5.41 Å². The Bertz CT molecular complexity index is 3520. The van der Waals surface area contributed by atoms with Gasteiger partial charge < -0.3 is 0 Å². The lowest BCUT2D eigenvalue weighted by atomic mass is 9.70. The van der Waals surface area contributed by atoms with Crippen LogP contribution in [0, 0.1) is 0 Å². The minimum Gasteiger partial charge on any atom is -0.208 e. The molecule has 9 aromatic carbocycles. The standard InChI is InChI=1S/C58H35N3S/c1-2-14-38(15-3-1)55-59-56(40-31-33-54-48(34-40)46-20-9-13-25-53(46)62-54)61-57(60-55)47-21-5-4-16-41(47)37-28-26-36(27-29-37)39-30-32-45-44-19-8-12-24-51(44)58(52(45)35-39)49-22-10-6-17-42(49)43-18-7-11-23-50(43)58/h1-35H. The third-order valence-electron chi connectivity index (χ3n) is 13.0. The monoisotopic (exact) mass is 805 g/mol. The van der Waals surface area contributed by atoms with Gasteiger partial charge in [-0.25, -0.2) is 15.0 Å². The van der Waals surface area contributed by atoms with E-state index in [-0.39, 0.29) is 5.41 Å². The van der Waals surface area contributed by atoms with Gasteiger partial charge in [-0.2, -0.15) is 0 Å². The molecule has 0 fully saturated rings. The lowest BCUT2D eigenvalue weighted by molar-refractivity contribution is 0.794. The first-order valence-corrected chi connectivity index (χ1v) is 21.9. The van der Waals surface area contributed by atoms with Crippen LogP contribution in [0.3, 0.4) is 0 Å². The molecule has 0 amide bonds. The summed E-state index contributed by atoms with van der Waals surface area (Å²) in [7, 11) is 0. The summed E-state index contributed by atoms with van der Waals surface area (Å²) in [6.07, 6.45) is 0. The molecule has 4 heteroatoms. The molecule has 0 saturated heterocycles. The highest BCUT2D eigenvalue weighted by Gasteiger charge is 2.51. The molecule has 0 N–H and O–H groups in total. The second-order valence-electron chi connectivity index (χ2n) is 16.3. The van der Waals surface area contributed by atoms with Crippen LogP contribution in [-0.4, -0.2) is 15.0 Å². The second-order valence-corrected chi connectivity index (χ2v) is 17.3. The van der Waals surface area contributed by atoms with Crippen molar-refractivity contribution in [3.8, 4) is 78.7 Å². The maximum absolute atomic E-state index is 5.22. The molecule has 2 aliphatic rings. The van der Waals surface area contributed by atoms with Crippen molar-refractivity contribution in [2.45, 2.75) is 5.41 Å². The van der Waals surface area contributed by atoms with Crippen molar-refractivity contribution in [3.05, 3.63) is 235 Å². The second kappa shape index (κ2) is 13.6. The number of rotatable bonds is 5. The van der Waals surface area contributed by atoms with Crippen LogP contribution in [0.15, 0.2) is 212 Å². The van der Waals surface area contributed by atoms with Crippen molar-refractivity contribution in [3.63, 3.8) is 0 Å². The summed E-state index contributed by atoms with van der Waals surface area (Å²) in [4.78, 5) is 15.5. The molecular weight excluding hydrogens is 771 g/mol. The van der Waals surface area contributed by atoms with Crippen molar-refractivity contribution in [1.82, 2.24) is 15.0 Å². The molecule has 62 heavy (non-hydrogen) atoms. The molecule has 0 unspecified atom stereocenters. The first-order valence-electron chi connectivity index (χ1n) is 21.1. The lowest BCUT2D eigenvalue weighted by Gasteiger charge is -2.30. The molecule has 13 rings (SSSR count). The van der Waals surface area contributed by atoms with Gasteiger partial charge in [0.1, 0.15) is 0 Å².